The van der Waals surface area contributed by atoms with E-state index in [1.165, 1.54) is 0 Å². The predicted octanol–water partition coefficient (Wildman–Crippen LogP) is 1.20. The van der Waals surface area contributed by atoms with Crippen LogP contribution in [0.3, 0.4) is 0 Å². The van der Waals surface area contributed by atoms with Crippen molar-refractivity contribution in [3.05, 3.63) is 33.4 Å². The summed E-state index contributed by atoms with van der Waals surface area (Å²) < 4.78 is 29.1. The first kappa shape index (κ1) is 26.1. The van der Waals surface area contributed by atoms with E-state index in [0.29, 0.717) is 12.8 Å². The highest BCUT2D eigenvalue weighted by atomic mass is 16.7. The first-order valence-electron chi connectivity index (χ1n) is 13.6. The van der Waals surface area contributed by atoms with Gasteiger partial charge in [0.1, 0.15) is 23.2 Å². The van der Waals surface area contributed by atoms with Crippen molar-refractivity contribution in [3.63, 3.8) is 0 Å². The van der Waals surface area contributed by atoms with Gasteiger partial charge in [-0.05, 0) is 27.2 Å². The number of Topliss-reactive ketones (excluding diaryl/α,β-unsaturated/α-hetero) is 2. The van der Waals surface area contributed by atoms with E-state index in [9.17, 15) is 34.8 Å². The SMILES string of the molecule is CC1O[C@@H]2C[C@@H](O[C@H]3CC[C@H](O)[C@H](C)O3)[C@@]1(O)c1c(O)c3c(c(O)c12)C(=O)C1=C(C3=O)[C@H](C)O[C@H]2CC(=O)O[C@@H]12. The summed E-state index contributed by atoms with van der Waals surface area (Å²) in [6.07, 6.45) is -6.55. The Kier molecular flexibility index (Phi) is 5.58. The second kappa shape index (κ2) is 8.57. The van der Waals surface area contributed by atoms with E-state index in [1.54, 1.807) is 20.8 Å². The highest BCUT2D eigenvalue weighted by Gasteiger charge is 2.62. The Morgan fingerprint density at radius 2 is 1.62 bits per heavy atom. The molecule has 12 heteroatoms. The van der Waals surface area contributed by atoms with E-state index >= 15 is 0 Å². The van der Waals surface area contributed by atoms with Gasteiger partial charge in [-0.25, -0.2) is 0 Å². The van der Waals surface area contributed by atoms with E-state index < -0.39 is 101 Å². The molecule has 3 saturated heterocycles. The summed E-state index contributed by atoms with van der Waals surface area (Å²) in [7, 11) is 0. The van der Waals surface area contributed by atoms with E-state index in [2.05, 4.69) is 0 Å². The molecule has 8 rings (SSSR count). The van der Waals surface area contributed by atoms with Gasteiger partial charge in [0.05, 0.1) is 59.7 Å². The van der Waals surface area contributed by atoms with Gasteiger partial charge in [-0.2, -0.15) is 0 Å². The summed E-state index contributed by atoms with van der Waals surface area (Å²) in [5.41, 5.74) is -3.13. The molecule has 0 saturated carbocycles. The number of aromatic hydroxyl groups is 2. The zero-order valence-electron chi connectivity index (χ0n) is 22.1. The Morgan fingerprint density at radius 1 is 0.925 bits per heavy atom. The summed E-state index contributed by atoms with van der Waals surface area (Å²) in [5, 5.41) is 45.3. The number of hydrogen-bond acceptors (Lipinski definition) is 12. The van der Waals surface area contributed by atoms with Gasteiger partial charge in [0, 0.05) is 29.5 Å². The van der Waals surface area contributed by atoms with Crippen LogP contribution in [-0.4, -0.2) is 87.0 Å². The maximum absolute atomic E-state index is 13.9. The van der Waals surface area contributed by atoms with Crippen molar-refractivity contribution in [1.29, 1.82) is 0 Å². The molecule has 2 bridgehead atoms. The van der Waals surface area contributed by atoms with Crippen LogP contribution in [0.25, 0.3) is 0 Å². The lowest BCUT2D eigenvalue weighted by Gasteiger charge is -2.54. The van der Waals surface area contributed by atoms with Gasteiger partial charge in [0.15, 0.2) is 24.0 Å². The molecule has 0 radical (unpaired) electrons. The fourth-order valence-electron chi connectivity index (χ4n) is 7.31. The monoisotopic (exact) mass is 558 g/mol. The third-order valence-electron chi connectivity index (χ3n) is 9.30. The number of hydrogen-bond donors (Lipinski definition) is 4. The molecular weight excluding hydrogens is 528 g/mol. The lowest BCUT2D eigenvalue weighted by atomic mass is 9.66. The minimum Gasteiger partial charge on any atom is -0.507 e. The van der Waals surface area contributed by atoms with Crippen molar-refractivity contribution in [2.75, 3.05) is 0 Å². The lowest BCUT2D eigenvalue weighted by Crippen LogP contribution is -2.60. The summed E-state index contributed by atoms with van der Waals surface area (Å²) >= 11 is 0. The van der Waals surface area contributed by atoms with Crippen LogP contribution in [-0.2, 0) is 34.1 Å². The van der Waals surface area contributed by atoms with Crippen molar-refractivity contribution in [3.8, 4) is 11.5 Å². The molecule has 10 atom stereocenters. The first-order valence-corrected chi connectivity index (χ1v) is 13.6. The van der Waals surface area contributed by atoms with Gasteiger partial charge in [-0.15, -0.1) is 0 Å². The number of esters is 1. The molecule has 2 aliphatic carbocycles. The minimum absolute atomic E-state index is 0.00956. The Balaban J connectivity index is 1.35. The van der Waals surface area contributed by atoms with Gasteiger partial charge >= 0.3 is 5.97 Å². The highest BCUT2D eigenvalue weighted by Crippen LogP contribution is 2.60. The molecule has 214 valence electrons. The zero-order chi connectivity index (χ0) is 28.4. The van der Waals surface area contributed by atoms with Crippen LogP contribution in [0.2, 0.25) is 0 Å². The number of carbonyl (C=O) groups is 3. The quantitative estimate of drug-likeness (QED) is 0.302. The maximum atomic E-state index is 13.9. The number of aliphatic hydroxyl groups is 2. The van der Waals surface area contributed by atoms with Gasteiger partial charge in [0.25, 0.3) is 0 Å². The molecule has 4 N–H and O–H groups in total. The Bertz CT molecular complexity index is 1400. The first-order chi connectivity index (χ1) is 18.9. The van der Waals surface area contributed by atoms with Crippen LogP contribution in [0.1, 0.15) is 84.4 Å². The topological polar surface area (TPSA) is 178 Å². The number of rotatable bonds is 2. The Hall–Kier alpha value is -2.87. The summed E-state index contributed by atoms with van der Waals surface area (Å²) in [6, 6.07) is 0. The second-order valence-corrected chi connectivity index (χ2v) is 11.5. The number of carbonyl (C=O) groups excluding carboxylic acids is 3. The van der Waals surface area contributed by atoms with Crippen molar-refractivity contribution in [2.24, 2.45) is 0 Å². The third kappa shape index (κ3) is 3.25. The van der Waals surface area contributed by atoms with Crippen LogP contribution in [0.4, 0.5) is 0 Å². The molecule has 1 aromatic rings. The molecule has 40 heavy (non-hydrogen) atoms. The van der Waals surface area contributed by atoms with E-state index in [4.69, 9.17) is 23.7 Å². The number of phenols is 2. The van der Waals surface area contributed by atoms with E-state index in [-0.39, 0.29) is 35.1 Å². The molecule has 1 unspecified atom stereocenters. The van der Waals surface area contributed by atoms with Crippen molar-refractivity contribution in [2.45, 2.75) is 107 Å². The molecule has 7 aliphatic rings. The van der Waals surface area contributed by atoms with E-state index in [0.717, 1.165) is 0 Å². The molecule has 5 aliphatic heterocycles. The maximum Gasteiger partial charge on any atom is 0.309 e. The second-order valence-electron chi connectivity index (χ2n) is 11.5. The largest absolute Gasteiger partial charge is 0.507 e. The number of ketones is 2. The Morgan fingerprint density at radius 3 is 2.35 bits per heavy atom. The van der Waals surface area contributed by atoms with Crippen molar-refractivity contribution >= 4 is 17.5 Å². The van der Waals surface area contributed by atoms with Crippen LogP contribution in [0.15, 0.2) is 11.1 Å². The summed E-state index contributed by atoms with van der Waals surface area (Å²) in [5.74, 6) is -3.30. The van der Waals surface area contributed by atoms with Crippen LogP contribution in [0, 0.1) is 0 Å². The van der Waals surface area contributed by atoms with Gasteiger partial charge < -0.3 is 44.1 Å². The number of benzene rings is 1. The van der Waals surface area contributed by atoms with Crippen molar-refractivity contribution in [1.82, 2.24) is 0 Å². The zero-order valence-corrected chi connectivity index (χ0v) is 22.1. The molecule has 1 aromatic carbocycles. The van der Waals surface area contributed by atoms with Crippen LogP contribution in [0.5, 0.6) is 11.5 Å². The highest BCUT2D eigenvalue weighted by molar-refractivity contribution is 6.30. The molecular formula is C28H30O12. The van der Waals surface area contributed by atoms with Crippen LogP contribution >= 0.6 is 0 Å². The molecule has 0 amide bonds. The molecule has 3 fully saturated rings. The summed E-state index contributed by atoms with van der Waals surface area (Å²) in [6.45, 7) is 4.88. The average Bonchev–Trinajstić information content (AvgIpc) is 3.26. The van der Waals surface area contributed by atoms with Crippen molar-refractivity contribution < 1.29 is 58.5 Å². The van der Waals surface area contributed by atoms with Gasteiger partial charge in [0.2, 0.25) is 0 Å². The predicted molar refractivity (Wildman–Crippen MR) is 131 cm³/mol. The number of phenolic OH excluding ortho intramolecular Hbond substituents is 2. The van der Waals surface area contributed by atoms with Gasteiger partial charge in [-0.1, -0.05) is 0 Å². The fraction of sp³-hybridized carbons (Fsp3) is 0.607. The number of ether oxygens (including phenoxy) is 5. The van der Waals surface area contributed by atoms with Crippen LogP contribution < -0.4 is 0 Å². The average molecular weight is 559 g/mol. The lowest BCUT2D eigenvalue weighted by molar-refractivity contribution is -0.311. The molecule has 12 nitrogen and oxygen atoms in total. The molecule has 0 aromatic heterocycles. The minimum atomic E-state index is -2.01. The summed E-state index contributed by atoms with van der Waals surface area (Å²) in [4.78, 5) is 39.8. The Labute approximate surface area is 228 Å². The number of fused-ring (bicyclic) bond motifs is 5. The standard InChI is InChI=1S/C28H30O12/c1-8-11(29)4-5-16(37-8)39-14-6-12-18-22(28(14,35)10(3)38-12)26(34)20-19(24(18)32)25(33)21-17(23(20)31)9(2)36-13-7-15(30)40-27(13)21/h8-14,16,27,29,32,34-35H,4-7H2,1-3H3/t8-,9-,10?,11-,12+,13-,14+,16-,27+,28+/m0/s1. The normalized spacial score (nSPS) is 41.8. The van der Waals surface area contributed by atoms with Gasteiger partial charge in [-0.3, -0.25) is 14.4 Å². The number of aliphatic hydroxyl groups excluding tert-OH is 1. The fourth-order valence-corrected chi connectivity index (χ4v) is 7.31. The molecule has 0 spiro atoms. The smallest absolute Gasteiger partial charge is 0.309 e. The van der Waals surface area contributed by atoms with E-state index in [1.807, 2.05) is 0 Å². The molecule has 5 heterocycles. The third-order valence-corrected chi connectivity index (χ3v) is 9.30.